The second kappa shape index (κ2) is 7.84. The maximum atomic E-state index is 12.8. The van der Waals surface area contributed by atoms with Crippen molar-refractivity contribution in [2.45, 2.75) is 26.8 Å². The number of benzene rings is 1. The minimum atomic E-state index is -0.0896. The monoisotopic (exact) mass is 376 g/mol. The fourth-order valence-electron chi connectivity index (χ4n) is 3.63. The molecule has 0 fully saturated rings. The summed E-state index contributed by atoms with van der Waals surface area (Å²) in [4.78, 5) is 26.6. The van der Waals surface area contributed by atoms with Crippen LogP contribution in [-0.4, -0.2) is 40.4 Å². The largest absolute Gasteiger partial charge is 0.459 e. The number of anilines is 1. The van der Waals surface area contributed by atoms with Gasteiger partial charge in [-0.2, -0.15) is 0 Å². The molecule has 0 bridgehead atoms. The van der Waals surface area contributed by atoms with E-state index in [-0.39, 0.29) is 5.91 Å². The first kappa shape index (κ1) is 18.2. The van der Waals surface area contributed by atoms with Gasteiger partial charge in [-0.3, -0.25) is 4.79 Å². The van der Waals surface area contributed by atoms with Crippen LogP contribution in [0.1, 0.15) is 35.7 Å². The molecule has 1 amide bonds. The first-order valence-corrected chi connectivity index (χ1v) is 9.74. The highest BCUT2D eigenvalue weighted by Gasteiger charge is 2.28. The molecule has 0 aliphatic carbocycles. The molecule has 2 aromatic heterocycles. The highest BCUT2D eigenvalue weighted by Crippen LogP contribution is 2.30. The molecule has 6 nitrogen and oxygen atoms in total. The van der Waals surface area contributed by atoms with Crippen LogP contribution in [0.25, 0.3) is 11.4 Å². The van der Waals surface area contributed by atoms with Crippen molar-refractivity contribution in [2.75, 3.05) is 24.5 Å². The van der Waals surface area contributed by atoms with E-state index < -0.39 is 0 Å². The van der Waals surface area contributed by atoms with Crippen LogP contribution < -0.4 is 4.90 Å². The van der Waals surface area contributed by atoms with Crippen molar-refractivity contribution in [1.29, 1.82) is 0 Å². The molecule has 144 valence electrons. The standard InChI is InChI=1S/C22H24N4O2/c1-3-25(4-2)21-17-15-26(22(27)19-11-8-14-28-19)13-12-18(17)23-20(24-21)16-9-6-5-7-10-16/h5-11,14H,3-4,12-13,15H2,1-2H3. The second-order valence-electron chi connectivity index (χ2n) is 6.79. The van der Waals surface area contributed by atoms with Crippen molar-refractivity contribution in [3.05, 3.63) is 65.7 Å². The summed E-state index contributed by atoms with van der Waals surface area (Å²) in [7, 11) is 0. The number of fused-ring (bicyclic) bond motifs is 1. The van der Waals surface area contributed by atoms with Crippen LogP contribution in [0.5, 0.6) is 0 Å². The average molecular weight is 376 g/mol. The zero-order chi connectivity index (χ0) is 19.5. The zero-order valence-electron chi connectivity index (χ0n) is 16.3. The van der Waals surface area contributed by atoms with Gasteiger partial charge in [0.25, 0.3) is 5.91 Å². The highest BCUT2D eigenvalue weighted by molar-refractivity contribution is 5.91. The molecule has 28 heavy (non-hydrogen) atoms. The molecule has 0 atom stereocenters. The average Bonchev–Trinajstić information content (AvgIpc) is 3.29. The summed E-state index contributed by atoms with van der Waals surface area (Å²) in [5, 5.41) is 0. The number of rotatable bonds is 5. The van der Waals surface area contributed by atoms with E-state index in [0.717, 1.165) is 41.6 Å². The predicted molar refractivity (Wildman–Crippen MR) is 108 cm³/mol. The lowest BCUT2D eigenvalue weighted by Gasteiger charge is -2.32. The Morgan fingerprint density at radius 1 is 1.11 bits per heavy atom. The van der Waals surface area contributed by atoms with Crippen LogP contribution in [0, 0.1) is 0 Å². The van der Waals surface area contributed by atoms with Crippen LogP contribution in [0.2, 0.25) is 0 Å². The van der Waals surface area contributed by atoms with E-state index in [1.807, 2.05) is 35.2 Å². The van der Waals surface area contributed by atoms with Crippen molar-refractivity contribution < 1.29 is 9.21 Å². The molecule has 0 N–H and O–H groups in total. The molecule has 0 unspecified atom stereocenters. The Bertz CT molecular complexity index is 950. The number of carbonyl (C=O) groups is 1. The molecule has 3 heterocycles. The first-order chi connectivity index (χ1) is 13.7. The third-order valence-corrected chi connectivity index (χ3v) is 5.15. The summed E-state index contributed by atoms with van der Waals surface area (Å²) in [6, 6.07) is 13.5. The third kappa shape index (κ3) is 3.38. The van der Waals surface area contributed by atoms with Gasteiger partial charge in [-0.25, -0.2) is 9.97 Å². The highest BCUT2D eigenvalue weighted by atomic mass is 16.3. The lowest BCUT2D eigenvalue weighted by atomic mass is 10.0. The van der Waals surface area contributed by atoms with E-state index in [9.17, 15) is 4.79 Å². The summed E-state index contributed by atoms with van der Waals surface area (Å²) < 4.78 is 5.30. The van der Waals surface area contributed by atoms with E-state index >= 15 is 0 Å². The van der Waals surface area contributed by atoms with Gasteiger partial charge in [-0.05, 0) is 26.0 Å². The number of hydrogen-bond donors (Lipinski definition) is 0. The maximum Gasteiger partial charge on any atom is 0.289 e. The Morgan fingerprint density at radius 2 is 1.89 bits per heavy atom. The Kier molecular flexibility index (Phi) is 5.10. The second-order valence-corrected chi connectivity index (χ2v) is 6.79. The fraction of sp³-hybridized carbons (Fsp3) is 0.318. The van der Waals surface area contributed by atoms with Crippen LogP contribution in [-0.2, 0) is 13.0 Å². The maximum absolute atomic E-state index is 12.8. The van der Waals surface area contributed by atoms with Crippen molar-refractivity contribution in [3.63, 3.8) is 0 Å². The predicted octanol–water partition coefficient (Wildman–Crippen LogP) is 3.78. The zero-order valence-corrected chi connectivity index (χ0v) is 16.3. The van der Waals surface area contributed by atoms with Gasteiger partial charge in [-0.15, -0.1) is 0 Å². The molecule has 3 aromatic rings. The Labute approximate surface area is 164 Å². The summed E-state index contributed by atoms with van der Waals surface area (Å²) in [5.74, 6) is 1.95. The van der Waals surface area contributed by atoms with Gasteiger partial charge in [0, 0.05) is 37.2 Å². The van der Waals surface area contributed by atoms with Crippen LogP contribution >= 0.6 is 0 Å². The lowest BCUT2D eigenvalue weighted by Crippen LogP contribution is -2.38. The van der Waals surface area contributed by atoms with Crippen LogP contribution in [0.3, 0.4) is 0 Å². The Balaban J connectivity index is 1.74. The lowest BCUT2D eigenvalue weighted by molar-refractivity contribution is 0.0701. The van der Waals surface area contributed by atoms with Crippen molar-refractivity contribution >= 4 is 11.7 Å². The van der Waals surface area contributed by atoms with Gasteiger partial charge in [0.2, 0.25) is 0 Å². The van der Waals surface area contributed by atoms with E-state index in [1.54, 1.807) is 12.1 Å². The van der Waals surface area contributed by atoms with Crippen LogP contribution in [0.15, 0.2) is 53.1 Å². The molecule has 1 aliphatic rings. The molecule has 0 saturated carbocycles. The van der Waals surface area contributed by atoms with E-state index in [2.05, 4.69) is 18.7 Å². The molecule has 1 aromatic carbocycles. The molecule has 4 rings (SSSR count). The van der Waals surface area contributed by atoms with Crippen molar-refractivity contribution in [3.8, 4) is 11.4 Å². The fourth-order valence-corrected chi connectivity index (χ4v) is 3.63. The van der Waals surface area contributed by atoms with E-state index in [4.69, 9.17) is 14.4 Å². The number of carbonyl (C=O) groups excluding carboxylic acids is 1. The quantitative estimate of drug-likeness (QED) is 0.678. The molecular formula is C22H24N4O2. The molecule has 6 heteroatoms. The summed E-state index contributed by atoms with van der Waals surface area (Å²) in [5.41, 5.74) is 3.07. The third-order valence-electron chi connectivity index (χ3n) is 5.15. The number of hydrogen-bond acceptors (Lipinski definition) is 5. The SMILES string of the molecule is CCN(CC)c1nc(-c2ccccc2)nc2c1CN(C(=O)c1ccco1)CC2. The van der Waals surface area contributed by atoms with E-state index in [1.165, 1.54) is 6.26 Å². The van der Waals surface area contributed by atoms with Gasteiger partial charge in [-0.1, -0.05) is 30.3 Å². The minimum absolute atomic E-state index is 0.0896. The van der Waals surface area contributed by atoms with Crippen molar-refractivity contribution in [1.82, 2.24) is 14.9 Å². The van der Waals surface area contributed by atoms with Gasteiger partial charge < -0.3 is 14.2 Å². The number of nitrogens with zero attached hydrogens (tertiary/aromatic N) is 4. The Morgan fingerprint density at radius 3 is 2.57 bits per heavy atom. The summed E-state index contributed by atoms with van der Waals surface area (Å²) in [6.45, 7) is 7.05. The van der Waals surface area contributed by atoms with Crippen molar-refractivity contribution in [2.24, 2.45) is 0 Å². The first-order valence-electron chi connectivity index (χ1n) is 9.74. The number of aromatic nitrogens is 2. The van der Waals surface area contributed by atoms with Gasteiger partial charge >= 0.3 is 0 Å². The topological polar surface area (TPSA) is 62.5 Å². The Hall–Kier alpha value is -3.15. The minimum Gasteiger partial charge on any atom is -0.459 e. The van der Waals surface area contributed by atoms with Gasteiger partial charge in [0.1, 0.15) is 5.82 Å². The van der Waals surface area contributed by atoms with Crippen LogP contribution in [0.4, 0.5) is 5.82 Å². The smallest absolute Gasteiger partial charge is 0.289 e. The molecular weight excluding hydrogens is 352 g/mol. The summed E-state index contributed by atoms with van der Waals surface area (Å²) >= 11 is 0. The van der Waals surface area contributed by atoms with E-state index in [0.29, 0.717) is 25.3 Å². The normalized spacial score (nSPS) is 13.3. The molecule has 0 saturated heterocycles. The molecule has 0 spiro atoms. The number of amides is 1. The summed E-state index contributed by atoms with van der Waals surface area (Å²) in [6.07, 6.45) is 2.24. The number of furan rings is 1. The molecule has 1 aliphatic heterocycles. The van der Waals surface area contributed by atoms with Gasteiger partial charge in [0.15, 0.2) is 11.6 Å². The molecule has 0 radical (unpaired) electrons. The van der Waals surface area contributed by atoms with Gasteiger partial charge in [0.05, 0.1) is 18.5 Å².